The van der Waals surface area contributed by atoms with Crippen molar-refractivity contribution in [2.24, 2.45) is 0 Å². The molecule has 2 nitrogen and oxygen atoms in total. The molecule has 1 aromatic rings. The van der Waals surface area contributed by atoms with Crippen molar-refractivity contribution < 1.29 is 10.2 Å². The SMILES string of the molecule is C=C1C=CC=c2cc3c(cc2=C1)C1CC3C(O)C1O. The summed E-state index contributed by atoms with van der Waals surface area (Å²) >= 11 is 0. The Kier molecular flexibility index (Phi) is 2.17. The van der Waals surface area contributed by atoms with Crippen molar-refractivity contribution in [2.75, 3.05) is 0 Å². The van der Waals surface area contributed by atoms with Gasteiger partial charge >= 0.3 is 0 Å². The summed E-state index contributed by atoms with van der Waals surface area (Å²) < 4.78 is 0. The number of fused-ring (bicyclic) bond motifs is 6. The third-order valence-corrected chi connectivity index (χ3v) is 4.70. The Labute approximate surface area is 111 Å². The van der Waals surface area contributed by atoms with Crippen molar-refractivity contribution in [1.82, 2.24) is 0 Å². The molecule has 96 valence electrons. The van der Waals surface area contributed by atoms with E-state index in [1.165, 1.54) is 16.3 Å². The van der Waals surface area contributed by atoms with E-state index in [1.807, 2.05) is 12.2 Å². The second-order valence-corrected chi connectivity index (χ2v) is 5.78. The first-order valence-electron chi connectivity index (χ1n) is 6.74. The molecule has 0 heterocycles. The Morgan fingerprint density at radius 3 is 2.32 bits per heavy atom. The highest BCUT2D eigenvalue weighted by molar-refractivity contribution is 5.60. The van der Waals surface area contributed by atoms with E-state index in [1.54, 1.807) is 0 Å². The molecule has 4 unspecified atom stereocenters. The van der Waals surface area contributed by atoms with Crippen LogP contribution in [-0.2, 0) is 0 Å². The molecule has 2 N–H and O–H groups in total. The van der Waals surface area contributed by atoms with Gasteiger partial charge in [-0.3, -0.25) is 0 Å². The lowest BCUT2D eigenvalue weighted by atomic mass is 9.87. The Morgan fingerprint density at radius 1 is 1.00 bits per heavy atom. The van der Waals surface area contributed by atoms with E-state index in [9.17, 15) is 10.2 Å². The molecule has 0 spiro atoms. The molecule has 4 atom stereocenters. The number of aliphatic hydroxyl groups is 2. The number of hydrogen-bond acceptors (Lipinski definition) is 2. The first kappa shape index (κ1) is 11.2. The van der Waals surface area contributed by atoms with Crippen LogP contribution in [0.1, 0.15) is 29.4 Å². The van der Waals surface area contributed by atoms with Gasteiger partial charge in [-0.1, -0.05) is 36.9 Å². The van der Waals surface area contributed by atoms with Gasteiger partial charge in [0.1, 0.15) is 0 Å². The number of allylic oxidation sites excluding steroid dienone is 3. The molecule has 1 fully saturated rings. The predicted octanol–water partition coefficient (Wildman–Crippen LogP) is 0.680. The maximum absolute atomic E-state index is 10.0. The molecular weight excluding hydrogens is 236 g/mol. The third-order valence-electron chi connectivity index (χ3n) is 4.70. The normalized spacial score (nSPS) is 34.3. The van der Waals surface area contributed by atoms with Crippen molar-refractivity contribution in [3.05, 3.63) is 58.0 Å². The van der Waals surface area contributed by atoms with Crippen LogP contribution in [0.4, 0.5) is 0 Å². The lowest BCUT2D eigenvalue weighted by molar-refractivity contribution is 0.0216. The van der Waals surface area contributed by atoms with Crippen LogP contribution in [0.2, 0.25) is 0 Å². The zero-order valence-electron chi connectivity index (χ0n) is 10.6. The van der Waals surface area contributed by atoms with Crippen molar-refractivity contribution in [3.63, 3.8) is 0 Å². The van der Waals surface area contributed by atoms with Gasteiger partial charge in [-0.05, 0) is 39.6 Å². The molecule has 0 amide bonds. The van der Waals surface area contributed by atoms with Gasteiger partial charge in [0.05, 0.1) is 12.2 Å². The third kappa shape index (κ3) is 1.44. The van der Waals surface area contributed by atoms with Gasteiger partial charge in [-0.2, -0.15) is 0 Å². The molecule has 0 radical (unpaired) electrons. The summed E-state index contributed by atoms with van der Waals surface area (Å²) in [6.07, 6.45) is 7.82. The highest BCUT2D eigenvalue weighted by Gasteiger charge is 2.49. The fraction of sp³-hybridized carbons (Fsp3) is 0.294. The standard InChI is InChI=1S/C17H16O2/c1-9-3-2-4-10-6-12-13(7-11(10)5-9)15-8-14(12)16(18)17(15)19/h2-7,14-19H,1,8H2. The van der Waals surface area contributed by atoms with E-state index in [2.05, 4.69) is 30.9 Å². The summed E-state index contributed by atoms with van der Waals surface area (Å²) in [5, 5.41) is 22.4. The predicted molar refractivity (Wildman–Crippen MR) is 75.0 cm³/mol. The van der Waals surface area contributed by atoms with Crippen LogP contribution in [-0.4, -0.2) is 22.4 Å². The average molecular weight is 252 g/mol. The average Bonchev–Trinajstić information content (AvgIpc) is 2.80. The molecule has 0 aromatic heterocycles. The summed E-state index contributed by atoms with van der Waals surface area (Å²) in [6, 6.07) is 4.34. The minimum Gasteiger partial charge on any atom is -0.390 e. The quantitative estimate of drug-likeness (QED) is 0.713. The van der Waals surface area contributed by atoms with Crippen molar-refractivity contribution in [3.8, 4) is 0 Å². The zero-order valence-corrected chi connectivity index (χ0v) is 10.6. The van der Waals surface area contributed by atoms with E-state index in [4.69, 9.17) is 0 Å². The van der Waals surface area contributed by atoms with E-state index in [-0.39, 0.29) is 11.8 Å². The summed E-state index contributed by atoms with van der Waals surface area (Å²) in [5.74, 6) is 0.197. The molecule has 2 bridgehead atoms. The monoisotopic (exact) mass is 252 g/mol. The topological polar surface area (TPSA) is 40.5 Å². The maximum atomic E-state index is 10.0. The van der Waals surface area contributed by atoms with Crippen LogP contribution in [0.5, 0.6) is 0 Å². The Bertz CT molecular complexity index is 726. The minimum atomic E-state index is -0.605. The van der Waals surface area contributed by atoms with Crippen LogP contribution in [0.3, 0.4) is 0 Å². The number of benzene rings is 1. The molecule has 3 aliphatic carbocycles. The van der Waals surface area contributed by atoms with Gasteiger partial charge in [0.25, 0.3) is 0 Å². The fourth-order valence-electron chi connectivity index (χ4n) is 3.75. The molecule has 0 aliphatic heterocycles. The molecule has 19 heavy (non-hydrogen) atoms. The Hall–Kier alpha value is -1.64. The summed E-state index contributed by atoms with van der Waals surface area (Å²) in [7, 11) is 0. The van der Waals surface area contributed by atoms with Gasteiger partial charge in [0, 0.05) is 11.8 Å². The number of rotatable bonds is 0. The maximum Gasteiger partial charge on any atom is 0.0873 e. The Morgan fingerprint density at radius 2 is 1.63 bits per heavy atom. The Balaban J connectivity index is 2.00. The first-order chi connectivity index (χ1) is 9.15. The van der Waals surface area contributed by atoms with E-state index < -0.39 is 12.2 Å². The fourth-order valence-corrected chi connectivity index (χ4v) is 3.75. The largest absolute Gasteiger partial charge is 0.390 e. The molecular formula is C17H16O2. The summed E-state index contributed by atoms with van der Waals surface area (Å²) in [4.78, 5) is 0. The highest BCUT2D eigenvalue weighted by atomic mass is 16.3. The van der Waals surface area contributed by atoms with Crippen LogP contribution >= 0.6 is 0 Å². The van der Waals surface area contributed by atoms with Crippen molar-refractivity contribution in [1.29, 1.82) is 0 Å². The molecule has 1 saturated carbocycles. The second kappa shape index (κ2) is 3.69. The van der Waals surface area contributed by atoms with Gasteiger partial charge < -0.3 is 10.2 Å². The van der Waals surface area contributed by atoms with Crippen molar-refractivity contribution in [2.45, 2.75) is 30.5 Å². The smallest absolute Gasteiger partial charge is 0.0873 e. The summed E-state index contributed by atoms with van der Waals surface area (Å²) in [6.45, 7) is 3.99. The van der Waals surface area contributed by atoms with Gasteiger partial charge in [0.15, 0.2) is 0 Å². The van der Waals surface area contributed by atoms with Gasteiger partial charge in [0.2, 0.25) is 0 Å². The van der Waals surface area contributed by atoms with Crippen LogP contribution in [0.15, 0.2) is 36.4 Å². The lowest BCUT2D eigenvalue weighted by Crippen LogP contribution is -2.34. The number of aliphatic hydroxyl groups excluding tert-OH is 2. The van der Waals surface area contributed by atoms with E-state index in [0.29, 0.717) is 0 Å². The molecule has 3 aliphatic rings. The van der Waals surface area contributed by atoms with Crippen LogP contribution in [0.25, 0.3) is 12.2 Å². The minimum absolute atomic E-state index is 0.0955. The molecule has 0 saturated heterocycles. The molecule has 1 aromatic carbocycles. The molecule has 4 rings (SSSR count). The zero-order chi connectivity index (χ0) is 13.1. The van der Waals surface area contributed by atoms with Crippen LogP contribution < -0.4 is 10.4 Å². The summed E-state index contributed by atoms with van der Waals surface area (Å²) in [5.41, 5.74) is 3.41. The second-order valence-electron chi connectivity index (χ2n) is 5.78. The lowest BCUT2D eigenvalue weighted by Gasteiger charge is -2.25. The van der Waals surface area contributed by atoms with Gasteiger partial charge in [-0.25, -0.2) is 0 Å². The van der Waals surface area contributed by atoms with E-state index >= 15 is 0 Å². The molecule has 2 heteroatoms. The first-order valence-corrected chi connectivity index (χ1v) is 6.74. The number of hydrogen-bond donors (Lipinski definition) is 2. The van der Waals surface area contributed by atoms with Gasteiger partial charge in [-0.15, -0.1) is 0 Å². The highest BCUT2D eigenvalue weighted by Crippen LogP contribution is 2.52. The van der Waals surface area contributed by atoms with Crippen LogP contribution in [0, 0.1) is 0 Å². The van der Waals surface area contributed by atoms with Crippen molar-refractivity contribution >= 4 is 12.2 Å². The van der Waals surface area contributed by atoms with E-state index in [0.717, 1.165) is 17.2 Å².